The summed E-state index contributed by atoms with van der Waals surface area (Å²) in [6.45, 7) is 3.34. The van der Waals surface area contributed by atoms with E-state index in [0.29, 0.717) is 6.61 Å². The van der Waals surface area contributed by atoms with Crippen LogP contribution in [-0.2, 0) is 13.2 Å². The molecule has 3 nitrogen and oxygen atoms in total. The summed E-state index contributed by atoms with van der Waals surface area (Å²) < 4.78 is 6.89. The Labute approximate surface area is 122 Å². The Bertz CT molecular complexity index is 558. The molecule has 1 aromatic carbocycles. The van der Waals surface area contributed by atoms with Crippen molar-refractivity contribution in [2.24, 2.45) is 0 Å². The van der Waals surface area contributed by atoms with Crippen molar-refractivity contribution in [2.75, 3.05) is 7.05 Å². The zero-order valence-electron chi connectivity index (χ0n) is 11.1. The van der Waals surface area contributed by atoms with E-state index in [9.17, 15) is 0 Å². The van der Waals surface area contributed by atoms with Crippen molar-refractivity contribution in [1.82, 2.24) is 10.3 Å². The quantitative estimate of drug-likeness (QED) is 0.916. The van der Waals surface area contributed by atoms with Crippen LogP contribution in [0.4, 0.5) is 0 Å². The Hall–Kier alpha value is -1.39. The van der Waals surface area contributed by atoms with Crippen LogP contribution in [0.5, 0.6) is 5.75 Å². The van der Waals surface area contributed by atoms with Gasteiger partial charge in [0.1, 0.15) is 12.4 Å². The number of aryl methyl sites for hydroxylation is 1. The number of halogens is 1. The van der Waals surface area contributed by atoms with Gasteiger partial charge in [-0.2, -0.15) is 0 Å². The number of ether oxygens (including phenoxy) is 1. The summed E-state index contributed by atoms with van der Waals surface area (Å²) in [5.74, 6) is 0.860. The van der Waals surface area contributed by atoms with E-state index in [1.54, 1.807) is 6.20 Å². The summed E-state index contributed by atoms with van der Waals surface area (Å²) in [4.78, 5) is 4.32. The first-order valence-corrected chi connectivity index (χ1v) is 6.96. The Morgan fingerprint density at radius 3 is 2.89 bits per heavy atom. The Morgan fingerprint density at radius 2 is 2.16 bits per heavy atom. The van der Waals surface area contributed by atoms with Gasteiger partial charge in [0.2, 0.25) is 0 Å². The molecule has 0 bridgehead atoms. The monoisotopic (exact) mass is 320 g/mol. The zero-order valence-corrected chi connectivity index (χ0v) is 12.7. The van der Waals surface area contributed by atoms with Crippen LogP contribution in [0.3, 0.4) is 0 Å². The third-order valence-corrected chi connectivity index (χ3v) is 3.65. The molecule has 4 heteroatoms. The Kier molecular flexibility index (Phi) is 4.93. The van der Waals surface area contributed by atoms with E-state index in [0.717, 1.165) is 28.0 Å². The fourth-order valence-electron chi connectivity index (χ4n) is 1.79. The van der Waals surface area contributed by atoms with Crippen LogP contribution >= 0.6 is 15.9 Å². The highest BCUT2D eigenvalue weighted by Crippen LogP contribution is 2.23. The first kappa shape index (κ1) is 14.0. The predicted octanol–water partition coefficient (Wildman–Crippen LogP) is 3.45. The molecule has 0 atom stereocenters. The van der Waals surface area contributed by atoms with Gasteiger partial charge in [0.15, 0.2) is 0 Å². The SMILES string of the molecule is CNCc1cc(OCc2ncccc2C)ccc1Br. The first-order chi connectivity index (χ1) is 9.20. The van der Waals surface area contributed by atoms with E-state index in [1.165, 1.54) is 5.56 Å². The molecule has 0 saturated carbocycles. The fourth-order valence-corrected chi connectivity index (χ4v) is 2.17. The molecule has 0 unspecified atom stereocenters. The van der Waals surface area contributed by atoms with Crippen molar-refractivity contribution >= 4 is 15.9 Å². The summed E-state index contributed by atoms with van der Waals surface area (Å²) in [6.07, 6.45) is 1.79. The van der Waals surface area contributed by atoms with Gasteiger partial charge in [-0.25, -0.2) is 0 Å². The number of pyridine rings is 1. The lowest BCUT2D eigenvalue weighted by Gasteiger charge is -2.10. The minimum atomic E-state index is 0.493. The van der Waals surface area contributed by atoms with Crippen LogP contribution in [-0.4, -0.2) is 12.0 Å². The highest BCUT2D eigenvalue weighted by Gasteiger charge is 2.04. The number of rotatable bonds is 5. The average molecular weight is 321 g/mol. The highest BCUT2D eigenvalue weighted by atomic mass is 79.9. The van der Waals surface area contributed by atoms with Crippen molar-refractivity contribution in [3.63, 3.8) is 0 Å². The van der Waals surface area contributed by atoms with E-state index in [2.05, 4.69) is 26.2 Å². The molecule has 0 aliphatic heterocycles. The van der Waals surface area contributed by atoms with Gasteiger partial charge in [-0.15, -0.1) is 0 Å². The predicted molar refractivity (Wildman–Crippen MR) is 80.2 cm³/mol. The lowest BCUT2D eigenvalue weighted by atomic mass is 10.2. The third kappa shape index (κ3) is 3.78. The van der Waals surface area contributed by atoms with Crippen molar-refractivity contribution in [1.29, 1.82) is 0 Å². The molecule has 100 valence electrons. The maximum Gasteiger partial charge on any atom is 0.130 e. The molecule has 0 saturated heterocycles. The van der Waals surface area contributed by atoms with Gasteiger partial charge in [0.25, 0.3) is 0 Å². The highest BCUT2D eigenvalue weighted by molar-refractivity contribution is 9.10. The van der Waals surface area contributed by atoms with E-state index in [-0.39, 0.29) is 0 Å². The molecule has 19 heavy (non-hydrogen) atoms. The second kappa shape index (κ2) is 6.68. The molecule has 1 aromatic heterocycles. The van der Waals surface area contributed by atoms with Crippen LogP contribution in [0.2, 0.25) is 0 Å². The van der Waals surface area contributed by atoms with E-state index >= 15 is 0 Å². The minimum absolute atomic E-state index is 0.493. The van der Waals surface area contributed by atoms with Crippen LogP contribution in [0.1, 0.15) is 16.8 Å². The van der Waals surface area contributed by atoms with Gasteiger partial charge < -0.3 is 10.1 Å². The molecule has 0 fully saturated rings. The van der Waals surface area contributed by atoms with Crippen LogP contribution < -0.4 is 10.1 Å². The van der Waals surface area contributed by atoms with Crippen LogP contribution in [0.25, 0.3) is 0 Å². The van der Waals surface area contributed by atoms with Gasteiger partial charge >= 0.3 is 0 Å². The van der Waals surface area contributed by atoms with Gasteiger partial charge in [0, 0.05) is 17.2 Å². The molecule has 2 aromatic rings. The van der Waals surface area contributed by atoms with Crippen molar-refractivity contribution < 1.29 is 4.74 Å². The van der Waals surface area contributed by atoms with Gasteiger partial charge in [-0.3, -0.25) is 4.98 Å². The fraction of sp³-hybridized carbons (Fsp3) is 0.267. The van der Waals surface area contributed by atoms with Gasteiger partial charge in [0.05, 0.1) is 5.69 Å². The molecule has 0 amide bonds. The Morgan fingerprint density at radius 1 is 1.32 bits per heavy atom. The van der Waals surface area contributed by atoms with E-state index in [4.69, 9.17) is 4.74 Å². The van der Waals surface area contributed by atoms with Crippen molar-refractivity contribution in [2.45, 2.75) is 20.1 Å². The lowest BCUT2D eigenvalue weighted by molar-refractivity contribution is 0.300. The average Bonchev–Trinajstić information content (AvgIpc) is 2.41. The van der Waals surface area contributed by atoms with E-state index in [1.807, 2.05) is 44.3 Å². The molecule has 0 radical (unpaired) electrons. The number of benzene rings is 1. The summed E-state index contributed by atoms with van der Waals surface area (Å²) in [7, 11) is 1.93. The number of nitrogens with one attached hydrogen (secondary N) is 1. The van der Waals surface area contributed by atoms with E-state index < -0.39 is 0 Å². The molecule has 0 aliphatic carbocycles. The smallest absolute Gasteiger partial charge is 0.130 e. The number of aromatic nitrogens is 1. The van der Waals surface area contributed by atoms with Gasteiger partial charge in [-0.1, -0.05) is 22.0 Å². The standard InChI is InChI=1S/C15H17BrN2O/c1-11-4-3-7-18-15(11)10-19-13-5-6-14(16)12(8-13)9-17-2/h3-8,17H,9-10H2,1-2H3. The summed E-state index contributed by atoms with van der Waals surface area (Å²) >= 11 is 3.53. The van der Waals surface area contributed by atoms with Gasteiger partial charge in [-0.05, 0) is 49.4 Å². The van der Waals surface area contributed by atoms with Crippen LogP contribution in [0, 0.1) is 6.92 Å². The van der Waals surface area contributed by atoms with Crippen molar-refractivity contribution in [3.05, 3.63) is 57.8 Å². The second-order valence-corrected chi connectivity index (χ2v) is 5.19. The zero-order chi connectivity index (χ0) is 13.7. The third-order valence-electron chi connectivity index (χ3n) is 2.88. The Balaban J connectivity index is 2.07. The first-order valence-electron chi connectivity index (χ1n) is 6.17. The lowest BCUT2D eigenvalue weighted by Crippen LogP contribution is -2.06. The molecule has 0 spiro atoms. The largest absolute Gasteiger partial charge is 0.487 e. The molecule has 1 heterocycles. The second-order valence-electron chi connectivity index (χ2n) is 4.34. The number of hydrogen-bond acceptors (Lipinski definition) is 3. The summed E-state index contributed by atoms with van der Waals surface area (Å²) in [5.41, 5.74) is 3.30. The summed E-state index contributed by atoms with van der Waals surface area (Å²) in [6, 6.07) is 9.98. The number of nitrogens with zero attached hydrogens (tertiary/aromatic N) is 1. The molecule has 2 rings (SSSR count). The maximum absolute atomic E-state index is 5.80. The van der Waals surface area contributed by atoms with Crippen LogP contribution in [0.15, 0.2) is 41.0 Å². The van der Waals surface area contributed by atoms with Crippen molar-refractivity contribution in [3.8, 4) is 5.75 Å². The molecular formula is C15H17BrN2O. The maximum atomic E-state index is 5.80. The summed E-state index contributed by atoms with van der Waals surface area (Å²) in [5, 5.41) is 3.14. The topological polar surface area (TPSA) is 34.1 Å². The number of hydrogen-bond donors (Lipinski definition) is 1. The molecular weight excluding hydrogens is 304 g/mol. The molecule has 0 aliphatic rings. The normalized spacial score (nSPS) is 10.5. The molecule has 1 N–H and O–H groups in total. The minimum Gasteiger partial charge on any atom is -0.487 e.